The minimum absolute atomic E-state index is 0.943. The zero-order valence-electron chi connectivity index (χ0n) is 16.7. The molecule has 0 aliphatic heterocycles. The molecule has 2 saturated carbocycles. The van der Waals surface area contributed by atoms with Gasteiger partial charge < -0.3 is 0 Å². The van der Waals surface area contributed by atoms with Gasteiger partial charge in [0, 0.05) is 21.3 Å². The van der Waals surface area contributed by atoms with Crippen LogP contribution in [0.1, 0.15) is 43.2 Å². The van der Waals surface area contributed by atoms with Gasteiger partial charge in [-0.15, -0.1) is 23.5 Å². The highest BCUT2D eigenvalue weighted by Crippen LogP contribution is 2.48. The zero-order valence-corrected chi connectivity index (χ0v) is 18.3. The van der Waals surface area contributed by atoms with Crippen LogP contribution in [-0.4, -0.2) is 11.5 Å². The Morgan fingerprint density at radius 3 is 1.44 bits per heavy atom. The maximum absolute atomic E-state index is 2.30. The molecule has 0 saturated heterocycles. The van der Waals surface area contributed by atoms with E-state index in [1.807, 2.05) is 0 Å². The second-order valence-electron chi connectivity index (χ2n) is 8.68. The lowest BCUT2D eigenvalue weighted by molar-refractivity contribution is 0.0933. The summed E-state index contributed by atoms with van der Waals surface area (Å²) in [5.74, 6) is 6.51. The van der Waals surface area contributed by atoms with Crippen LogP contribution in [0.3, 0.4) is 0 Å². The van der Waals surface area contributed by atoms with Crippen molar-refractivity contribution in [3.8, 4) is 0 Å². The molecule has 2 aromatic carbocycles. The fraction of sp³-hybridized carbons (Fsp3) is 0.520. The number of aryl methyl sites for hydroxylation is 2. The Balaban J connectivity index is 1.25. The summed E-state index contributed by atoms with van der Waals surface area (Å²) < 4.78 is 0. The van der Waals surface area contributed by atoms with Gasteiger partial charge in [0.25, 0.3) is 0 Å². The predicted molar refractivity (Wildman–Crippen MR) is 121 cm³/mol. The lowest BCUT2D eigenvalue weighted by atomic mass is 9.63. The standard InChI is InChI=1S/C25H32S2/c1-18-3-11-24(12-4-18)26-16-22-9-7-21-15-20(22)8-10-23(21)17-27-25-13-5-19(2)6-14-25/h3-6,11-14,20-23H,7-10,15-17H2,1-2H3/t20-,21+,22-,23-/m0/s1. The van der Waals surface area contributed by atoms with Gasteiger partial charge in [-0.3, -0.25) is 0 Å². The molecule has 0 nitrogen and oxygen atoms in total. The summed E-state index contributed by atoms with van der Waals surface area (Å²) in [5.41, 5.74) is 2.73. The number of hydrogen-bond acceptors (Lipinski definition) is 2. The molecule has 0 unspecified atom stereocenters. The van der Waals surface area contributed by atoms with Gasteiger partial charge in [-0.2, -0.15) is 0 Å². The van der Waals surface area contributed by atoms with Gasteiger partial charge in [-0.05, 0) is 93.9 Å². The van der Waals surface area contributed by atoms with Gasteiger partial charge in [0.1, 0.15) is 0 Å². The number of rotatable bonds is 6. The van der Waals surface area contributed by atoms with E-state index < -0.39 is 0 Å². The topological polar surface area (TPSA) is 0 Å². The average Bonchev–Trinajstić information content (AvgIpc) is 2.69. The summed E-state index contributed by atoms with van der Waals surface area (Å²) >= 11 is 4.17. The second kappa shape index (κ2) is 9.09. The molecule has 2 fully saturated rings. The first-order chi connectivity index (χ1) is 13.2. The Labute approximate surface area is 173 Å². The lowest BCUT2D eigenvalue weighted by Gasteiger charge is -2.44. The van der Waals surface area contributed by atoms with E-state index in [1.165, 1.54) is 64.5 Å². The number of benzene rings is 2. The third kappa shape index (κ3) is 5.15. The molecular weight excluding hydrogens is 364 g/mol. The largest absolute Gasteiger partial charge is 0.126 e. The fourth-order valence-electron chi connectivity index (χ4n) is 4.92. The van der Waals surface area contributed by atoms with Crippen LogP contribution in [-0.2, 0) is 0 Å². The molecular formula is C25H32S2. The second-order valence-corrected chi connectivity index (χ2v) is 10.9. The number of thioether (sulfide) groups is 2. The summed E-state index contributed by atoms with van der Waals surface area (Å²) in [6, 6.07) is 18.2. The first-order valence-corrected chi connectivity index (χ1v) is 12.5. The molecule has 2 aliphatic carbocycles. The molecule has 4 rings (SSSR count). The van der Waals surface area contributed by atoms with E-state index in [2.05, 4.69) is 85.9 Å². The van der Waals surface area contributed by atoms with E-state index in [-0.39, 0.29) is 0 Å². The van der Waals surface area contributed by atoms with Crippen LogP contribution in [0.5, 0.6) is 0 Å². The smallest absolute Gasteiger partial charge is 0.00722 e. The summed E-state index contributed by atoms with van der Waals surface area (Å²) in [6.07, 6.45) is 7.35. The summed E-state index contributed by atoms with van der Waals surface area (Å²) in [7, 11) is 0. The Bertz CT molecular complexity index is 655. The highest BCUT2D eigenvalue weighted by Gasteiger charge is 2.38. The molecule has 4 atom stereocenters. The van der Waals surface area contributed by atoms with E-state index >= 15 is 0 Å². The minimum Gasteiger partial charge on any atom is -0.126 e. The monoisotopic (exact) mass is 396 g/mol. The van der Waals surface area contributed by atoms with E-state index in [0.717, 1.165) is 23.7 Å². The number of hydrogen-bond donors (Lipinski definition) is 0. The van der Waals surface area contributed by atoms with Crippen LogP contribution >= 0.6 is 23.5 Å². The Morgan fingerprint density at radius 1 is 0.630 bits per heavy atom. The fourth-order valence-corrected chi connectivity index (χ4v) is 7.27. The molecule has 2 heteroatoms. The third-order valence-electron chi connectivity index (χ3n) is 6.73. The molecule has 2 aliphatic rings. The van der Waals surface area contributed by atoms with Crippen LogP contribution in [0.15, 0.2) is 58.3 Å². The SMILES string of the molecule is Cc1ccc(SC[C@@H]2CC[C@H]3C[C@H]2CC[C@H]3CSc2ccc(C)cc2)cc1. The van der Waals surface area contributed by atoms with Crippen LogP contribution < -0.4 is 0 Å². The first-order valence-electron chi connectivity index (χ1n) is 10.6. The predicted octanol–water partition coefficient (Wildman–Crippen LogP) is 7.63. The molecule has 27 heavy (non-hydrogen) atoms. The van der Waals surface area contributed by atoms with Gasteiger partial charge in [-0.25, -0.2) is 0 Å². The Morgan fingerprint density at radius 2 is 1.04 bits per heavy atom. The molecule has 0 amide bonds. The third-order valence-corrected chi connectivity index (χ3v) is 9.13. The van der Waals surface area contributed by atoms with Gasteiger partial charge in [-0.1, -0.05) is 35.4 Å². The maximum atomic E-state index is 2.30. The van der Waals surface area contributed by atoms with Gasteiger partial charge in [0.2, 0.25) is 0 Å². The van der Waals surface area contributed by atoms with Crippen molar-refractivity contribution in [1.82, 2.24) is 0 Å². The van der Waals surface area contributed by atoms with E-state index in [9.17, 15) is 0 Å². The van der Waals surface area contributed by atoms with Crippen LogP contribution in [0.2, 0.25) is 0 Å². The molecule has 0 aromatic heterocycles. The molecule has 0 N–H and O–H groups in total. The van der Waals surface area contributed by atoms with Crippen molar-refractivity contribution >= 4 is 23.5 Å². The first kappa shape index (κ1) is 19.5. The van der Waals surface area contributed by atoms with Gasteiger partial charge in [0.15, 0.2) is 0 Å². The zero-order chi connectivity index (χ0) is 18.6. The van der Waals surface area contributed by atoms with Crippen molar-refractivity contribution in [3.05, 3.63) is 59.7 Å². The van der Waals surface area contributed by atoms with E-state index in [1.54, 1.807) is 0 Å². The van der Waals surface area contributed by atoms with Crippen molar-refractivity contribution in [3.63, 3.8) is 0 Å². The summed E-state index contributed by atoms with van der Waals surface area (Å²) in [6.45, 7) is 4.34. The molecule has 144 valence electrons. The molecule has 0 heterocycles. The summed E-state index contributed by atoms with van der Waals surface area (Å²) in [4.78, 5) is 2.90. The van der Waals surface area contributed by atoms with Crippen molar-refractivity contribution in [2.45, 2.75) is 55.7 Å². The molecule has 2 bridgehead atoms. The van der Waals surface area contributed by atoms with Crippen LogP contribution in [0.4, 0.5) is 0 Å². The maximum Gasteiger partial charge on any atom is 0.00722 e. The van der Waals surface area contributed by atoms with Crippen LogP contribution in [0.25, 0.3) is 0 Å². The van der Waals surface area contributed by atoms with Gasteiger partial charge >= 0.3 is 0 Å². The Kier molecular flexibility index (Phi) is 6.55. The number of fused-ring (bicyclic) bond motifs is 2. The van der Waals surface area contributed by atoms with Crippen LogP contribution in [0, 0.1) is 37.5 Å². The summed E-state index contributed by atoms with van der Waals surface area (Å²) in [5, 5.41) is 0. The van der Waals surface area contributed by atoms with Gasteiger partial charge in [0.05, 0.1) is 0 Å². The van der Waals surface area contributed by atoms with Crippen molar-refractivity contribution in [2.75, 3.05) is 11.5 Å². The average molecular weight is 397 g/mol. The molecule has 0 spiro atoms. The van der Waals surface area contributed by atoms with Crippen molar-refractivity contribution in [1.29, 1.82) is 0 Å². The van der Waals surface area contributed by atoms with E-state index in [4.69, 9.17) is 0 Å². The lowest BCUT2D eigenvalue weighted by Crippen LogP contribution is -2.36. The highest BCUT2D eigenvalue weighted by molar-refractivity contribution is 7.99. The van der Waals surface area contributed by atoms with E-state index in [0.29, 0.717) is 0 Å². The quantitative estimate of drug-likeness (QED) is 0.460. The highest BCUT2D eigenvalue weighted by atomic mass is 32.2. The normalized spacial score (nSPS) is 27.5. The van der Waals surface area contributed by atoms with Crippen molar-refractivity contribution < 1.29 is 0 Å². The Hall–Kier alpha value is -0.860. The minimum atomic E-state index is 0.943. The van der Waals surface area contributed by atoms with Crippen molar-refractivity contribution in [2.24, 2.45) is 23.7 Å². The molecule has 2 aromatic rings. The molecule has 0 radical (unpaired) electrons.